The molecule has 1 amide bonds. The summed E-state index contributed by atoms with van der Waals surface area (Å²) in [5.41, 5.74) is 6.89. The van der Waals surface area contributed by atoms with Gasteiger partial charge in [-0.15, -0.1) is 11.8 Å². The van der Waals surface area contributed by atoms with E-state index in [4.69, 9.17) is 5.73 Å². The van der Waals surface area contributed by atoms with Gasteiger partial charge in [0.1, 0.15) is 5.25 Å². The lowest BCUT2D eigenvalue weighted by atomic mass is 10.0. The predicted molar refractivity (Wildman–Crippen MR) is 99.8 cm³/mol. The number of carbonyl (C=O) groups excluding carboxylic acids is 1. The van der Waals surface area contributed by atoms with Crippen LogP contribution in [0.3, 0.4) is 0 Å². The van der Waals surface area contributed by atoms with Crippen LogP contribution in [0.4, 0.5) is 0 Å². The Kier molecular flexibility index (Phi) is 5.94. The van der Waals surface area contributed by atoms with Crippen molar-refractivity contribution in [3.8, 4) is 0 Å². The molecule has 3 nitrogen and oxygen atoms in total. The highest BCUT2D eigenvalue weighted by Gasteiger charge is 2.30. The van der Waals surface area contributed by atoms with Crippen molar-refractivity contribution in [1.29, 1.82) is 0 Å². The zero-order valence-electron chi connectivity index (χ0n) is 13.7. The van der Waals surface area contributed by atoms with Crippen LogP contribution in [-0.2, 0) is 4.79 Å². The van der Waals surface area contributed by atoms with Crippen molar-refractivity contribution < 1.29 is 4.79 Å². The third-order valence-corrected chi connectivity index (χ3v) is 5.89. The van der Waals surface area contributed by atoms with E-state index in [1.807, 2.05) is 60.7 Å². The van der Waals surface area contributed by atoms with Gasteiger partial charge in [-0.25, -0.2) is 0 Å². The van der Waals surface area contributed by atoms with Crippen LogP contribution in [0.25, 0.3) is 0 Å². The van der Waals surface area contributed by atoms with Crippen molar-refractivity contribution in [2.75, 3.05) is 6.54 Å². The second-order valence-corrected chi connectivity index (χ2v) is 7.44. The third-order valence-electron chi connectivity index (χ3n) is 4.63. The maximum absolute atomic E-state index is 13.0. The molecule has 3 atom stereocenters. The number of carbonyl (C=O) groups is 1. The highest BCUT2D eigenvalue weighted by molar-refractivity contribution is 8.00. The van der Waals surface area contributed by atoms with Gasteiger partial charge in [-0.3, -0.25) is 4.79 Å². The molecule has 0 radical (unpaired) electrons. The summed E-state index contributed by atoms with van der Waals surface area (Å²) in [4.78, 5) is 14.1. The molecule has 24 heavy (non-hydrogen) atoms. The fraction of sp³-hybridized carbons (Fsp3) is 0.350. The molecule has 4 heteroatoms. The molecular weight excluding hydrogens is 316 g/mol. The zero-order chi connectivity index (χ0) is 16.8. The average Bonchev–Trinajstić information content (AvgIpc) is 3.08. The zero-order valence-corrected chi connectivity index (χ0v) is 14.5. The molecule has 0 heterocycles. The van der Waals surface area contributed by atoms with E-state index in [1.54, 1.807) is 11.8 Å². The van der Waals surface area contributed by atoms with E-state index in [0.717, 1.165) is 29.7 Å². The quantitative estimate of drug-likeness (QED) is 0.787. The van der Waals surface area contributed by atoms with E-state index in [1.165, 1.54) is 0 Å². The fourth-order valence-electron chi connectivity index (χ4n) is 3.30. The molecule has 3 unspecified atom stereocenters. The summed E-state index contributed by atoms with van der Waals surface area (Å²) in [7, 11) is 0. The molecule has 2 aromatic carbocycles. The van der Waals surface area contributed by atoms with E-state index >= 15 is 0 Å². The Balaban J connectivity index is 1.77. The minimum Gasteiger partial charge on any atom is -0.352 e. The molecule has 0 saturated heterocycles. The number of benzene rings is 2. The topological polar surface area (TPSA) is 55.1 Å². The van der Waals surface area contributed by atoms with Gasteiger partial charge in [-0.05, 0) is 43.0 Å². The Labute approximate surface area is 148 Å². The maximum atomic E-state index is 13.0. The van der Waals surface area contributed by atoms with Crippen molar-refractivity contribution in [2.24, 2.45) is 11.7 Å². The van der Waals surface area contributed by atoms with Crippen LogP contribution < -0.4 is 11.1 Å². The lowest BCUT2D eigenvalue weighted by Crippen LogP contribution is -2.41. The van der Waals surface area contributed by atoms with E-state index in [0.29, 0.717) is 12.5 Å². The predicted octanol–water partition coefficient (Wildman–Crippen LogP) is 3.76. The van der Waals surface area contributed by atoms with Crippen molar-refractivity contribution in [2.45, 2.75) is 35.4 Å². The SMILES string of the molecule is NCC1CCCC1NC(=O)C(Sc1ccccc1)c1ccccc1. The van der Waals surface area contributed by atoms with Crippen molar-refractivity contribution >= 4 is 17.7 Å². The Morgan fingerprint density at radius 2 is 1.75 bits per heavy atom. The second-order valence-electron chi connectivity index (χ2n) is 6.26. The summed E-state index contributed by atoms with van der Waals surface area (Å²) in [6.07, 6.45) is 3.29. The van der Waals surface area contributed by atoms with Crippen LogP contribution in [0.5, 0.6) is 0 Å². The van der Waals surface area contributed by atoms with Crippen LogP contribution >= 0.6 is 11.8 Å². The molecule has 126 valence electrons. The lowest BCUT2D eigenvalue weighted by Gasteiger charge is -2.23. The minimum atomic E-state index is -0.243. The van der Waals surface area contributed by atoms with E-state index < -0.39 is 0 Å². The standard InChI is InChI=1S/C20H24N2OS/c21-14-16-10-7-13-18(16)22-20(23)19(15-8-3-1-4-9-15)24-17-11-5-2-6-12-17/h1-6,8-9,11-12,16,18-19H,7,10,13-14,21H2,(H,22,23). The van der Waals surface area contributed by atoms with Gasteiger partial charge in [0.2, 0.25) is 5.91 Å². The van der Waals surface area contributed by atoms with Gasteiger partial charge in [-0.2, -0.15) is 0 Å². The Bertz CT molecular complexity index is 647. The van der Waals surface area contributed by atoms with Crippen LogP contribution in [0, 0.1) is 5.92 Å². The van der Waals surface area contributed by atoms with Gasteiger partial charge < -0.3 is 11.1 Å². The first kappa shape index (κ1) is 17.1. The fourth-order valence-corrected chi connectivity index (χ4v) is 4.36. The maximum Gasteiger partial charge on any atom is 0.238 e. The second kappa shape index (κ2) is 8.36. The van der Waals surface area contributed by atoms with Crippen LogP contribution in [0.2, 0.25) is 0 Å². The molecule has 0 spiro atoms. The summed E-state index contributed by atoms with van der Waals surface area (Å²) >= 11 is 1.60. The summed E-state index contributed by atoms with van der Waals surface area (Å²) in [5.74, 6) is 0.493. The minimum absolute atomic E-state index is 0.0837. The van der Waals surface area contributed by atoms with E-state index in [-0.39, 0.29) is 17.2 Å². The number of hydrogen-bond donors (Lipinski definition) is 2. The highest BCUT2D eigenvalue weighted by Crippen LogP contribution is 2.36. The molecule has 1 aliphatic carbocycles. The summed E-state index contributed by atoms with van der Waals surface area (Å²) < 4.78 is 0. The van der Waals surface area contributed by atoms with E-state index in [2.05, 4.69) is 5.32 Å². The number of rotatable bonds is 6. The van der Waals surface area contributed by atoms with Gasteiger partial charge in [0.05, 0.1) is 0 Å². The molecule has 3 N–H and O–H groups in total. The van der Waals surface area contributed by atoms with Crippen LogP contribution in [0.15, 0.2) is 65.6 Å². The number of thioether (sulfide) groups is 1. The Morgan fingerprint density at radius 3 is 2.42 bits per heavy atom. The highest BCUT2D eigenvalue weighted by atomic mass is 32.2. The Hall–Kier alpha value is -1.78. The summed E-state index contributed by atoms with van der Waals surface area (Å²) in [6.45, 7) is 0.646. The number of hydrogen-bond acceptors (Lipinski definition) is 3. The molecule has 0 bridgehead atoms. The lowest BCUT2D eigenvalue weighted by molar-refractivity contribution is -0.121. The normalized spacial score (nSPS) is 21.4. The van der Waals surface area contributed by atoms with Gasteiger partial charge in [0, 0.05) is 10.9 Å². The van der Waals surface area contributed by atoms with Gasteiger partial charge in [-0.1, -0.05) is 55.0 Å². The summed E-state index contributed by atoms with van der Waals surface area (Å²) in [5, 5.41) is 3.02. The molecular formula is C20H24N2OS. The average molecular weight is 340 g/mol. The van der Waals surface area contributed by atoms with Crippen molar-refractivity contribution in [3.63, 3.8) is 0 Å². The molecule has 0 aromatic heterocycles. The number of nitrogens with two attached hydrogens (primary N) is 1. The Morgan fingerprint density at radius 1 is 1.08 bits per heavy atom. The molecule has 1 aliphatic rings. The molecule has 3 rings (SSSR count). The van der Waals surface area contributed by atoms with Crippen LogP contribution in [-0.4, -0.2) is 18.5 Å². The molecule has 1 fully saturated rings. The first-order chi connectivity index (χ1) is 11.8. The van der Waals surface area contributed by atoms with Crippen molar-refractivity contribution in [3.05, 3.63) is 66.2 Å². The van der Waals surface area contributed by atoms with Gasteiger partial charge >= 0.3 is 0 Å². The third kappa shape index (κ3) is 4.19. The van der Waals surface area contributed by atoms with E-state index in [9.17, 15) is 4.79 Å². The first-order valence-corrected chi connectivity index (χ1v) is 9.43. The van der Waals surface area contributed by atoms with Gasteiger partial charge in [0.25, 0.3) is 0 Å². The first-order valence-electron chi connectivity index (χ1n) is 8.55. The molecule has 1 saturated carbocycles. The van der Waals surface area contributed by atoms with Crippen LogP contribution in [0.1, 0.15) is 30.1 Å². The summed E-state index contributed by atoms with van der Waals surface area (Å²) in [6, 6.07) is 20.3. The monoisotopic (exact) mass is 340 g/mol. The molecule has 0 aliphatic heterocycles. The number of amides is 1. The largest absolute Gasteiger partial charge is 0.352 e. The smallest absolute Gasteiger partial charge is 0.238 e. The van der Waals surface area contributed by atoms with Crippen molar-refractivity contribution in [1.82, 2.24) is 5.32 Å². The molecule has 2 aromatic rings. The van der Waals surface area contributed by atoms with Gasteiger partial charge in [0.15, 0.2) is 0 Å². The number of nitrogens with one attached hydrogen (secondary N) is 1.